The maximum Gasteiger partial charge on any atom is 0.220 e. The molecule has 1 aromatic carbocycles. The van der Waals surface area contributed by atoms with Crippen molar-refractivity contribution in [3.05, 3.63) is 33.8 Å². The van der Waals surface area contributed by atoms with E-state index in [1.54, 1.807) is 18.2 Å². The van der Waals surface area contributed by atoms with Crippen LogP contribution in [0.2, 0.25) is 10.0 Å². The van der Waals surface area contributed by atoms with Gasteiger partial charge in [0.2, 0.25) is 5.91 Å². The van der Waals surface area contributed by atoms with Crippen LogP contribution in [0.15, 0.2) is 18.2 Å². The van der Waals surface area contributed by atoms with Crippen molar-refractivity contribution in [2.75, 3.05) is 0 Å². The molecule has 0 bridgehead atoms. The fourth-order valence-electron chi connectivity index (χ4n) is 1.86. The topological polar surface area (TPSA) is 29.1 Å². The third kappa shape index (κ3) is 4.87. The molecule has 0 saturated carbocycles. The van der Waals surface area contributed by atoms with Gasteiger partial charge in [-0.05, 0) is 37.5 Å². The van der Waals surface area contributed by atoms with E-state index in [0.717, 1.165) is 18.4 Å². The minimum Gasteiger partial charge on any atom is -0.354 e. The van der Waals surface area contributed by atoms with E-state index < -0.39 is 0 Å². The largest absolute Gasteiger partial charge is 0.354 e. The first kappa shape index (κ1) is 15.3. The predicted molar refractivity (Wildman–Crippen MR) is 77.3 cm³/mol. The summed E-state index contributed by atoms with van der Waals surface area (Å²) >= 11 is 12.1. The molecule has 0 fully saturated rings. The number of halogens is 2. The number of carbonyl (C=O) groups is 1. The molecule has 0 aliphatic rings. The van der Waals surface area contributed by atoms with Crippen molar-refractivity contribution in [3.8, 4) is 0 Å². The van der Waals surface area contributed by atoms with Gasteiger partial charge in [-0.1, -0.05) is 42.6 Å². The first-order valence-corrected chi connectivity index (χ1v) is 7.02. The summed E-state index contributed by atoms with van der Waals surface area (Å²) in [4.78, 5) is 11.7. The number of hydrogen-bond acceptors (Lipinski definition) is 1. The molecule has 1 N–H and O–H groups in total. The van der Waals surface area contributed by atoms with E-state index in [-0.39, 0.29) is 11.9 Å². The van der Waals surface area contributed by atoms with Gasteiger partial charge in [0.15, 0.2) is 0 Å². The van der Waals surface area contributed by atoms with Crippen molar-refractivity contribution in [2.24, 2.45) is 0 Å². The lowest BCUT2D eigenvalue weighted by Crippen LogP contribution is -2.32. The van der Waals surface area contributed by atoms with E-state index >= 15 is 0 Å². The second-order valence-electron chi connectivity index (χ2n) is 4.46. The van der Waals surface area contributed by atoms with Gasteiger partial charge in [0.25, 0.3) is 0 Å². The van der Waals surface area contributed by atoms with E-state index in [1.807, 2.05) is 6.92 Å². The summed E-state index contributed by atoms with van der Waals surface area (Å²) < 4.78 is 0. The van der Waals surface area contributed by atoms with E-state index in [0.29, 0.717) is 22.9 Å². The number of hydrogen-bond donors (Lipinski definition) is 1. The standard InChI is InChI=1S/C14H19Cl2NO/c1-3-5-10(2)17-14(18)9-8-11-12(15)6-4-7-13(11)16/h4,6-7,10H,3,5,8-9H2,1-2H3,(H,17,18)/t10-/m1/s1. The molecular weight excluding hydrogens is 269 g/mol. The van der Waals surface area contributed by atoms with Gasteiger partial charge in [0.1, 0.15) is 0 Å². The molecule has 0 radical (unpaired) electrons. The second kappa shape index (κ2) is 7.65. The lowest BCUT2D eigenvalue weighted by molar-refractivity contribution is -0.121. The summed E-state index contributed by atoms with van der Waals surface area (Å²) in [5.74, 6) is 0.0481. The minimum absolute atomic E-state index is 0.0481. The molecule has 1 aromatic rings. The minimum atomic E-state index is 0.0481. The van der Waals surface area contributed by atoms with Gasteiger partial charge in [0.05, 0.1) is 0 Å². The molecule has 0 aliphatic heterocycles. The summed E-state index contributed by atoms with van der Waals surface area (Å²) in [6.07, 6.45) is 3.05. The van der Waals surface area contributed by atoms with Gasteiger partial charge in [-0.15, -0.1) is 0 Å². The number of amides is 1. The summed E-state index contributed by atoms with van der Waals surface area (Å²) in [7, 11) is 0. The Bertz CT molecular complexity index is 387. The Hall–Kier alpha value is -0.730. The molecule has 0 saturated heterocycles. The molecule has 1 rings (SSSR count). The van der Waals surface area contributed by atoms with Crippen molar-refractivity contribution in [1.29, 1.82) is 0 Å². The summed E-state index contributed by atoms with van der Waals surface area (Å²) in [6.45, 7) is 4.12. The van der Waals surface area contributed by atoms with Gasteiger partial charge >= 0.3 is 0 Å². The number of rotatable bonds is 6. The quantitative estimate of drug-likeness (QED) is 0.833. The van der Waals surface area contributed by atoms with E-state index in [9.17, 15) is 4.79 Å². The normalized spacial score (nSPS) is 12.2. The highest BCUT2D eigenvalue weighted by atomic mass is 35.5. The van der Waals surface area contributed by atoms with Crippen LogP contribution in [-0.2, 0) is 11.2 Å². The van der Waals surface area contributed by atoms with Crippen LogP contribution in [0.25, 0.3) is 0 Å². The molecule has 18 heavy (non-hydrogen) atoms. The van der Waals surface area contributed by atoms with Crippen LogP contribution < -0.4 is 5.32 Å². The SMILES string of the molecule is CCC[C@@H](C)NC(=O)CCc1c(Cl)cccc1Cl. The summed E-state index contributed by atoms with van der Waals surface area (Å²) in [6, 6.07) is 5.61. The van der Waals surface area contributed by atoms with Crippen molar-refractivity contribution in [2.45, 2.75) is 45.6 Å². The van der Waals surface area contributed by atoms with Crippen molar-refractivity contribution in [3.63, 3.8) is 0 Å². The Morgan fingerprint density at radius 3 is 2.50 bits per heavy atom. The summed E-state index contributed by atoms with van der Waals surface area (Å²) in [5, 5.41) is 4.21. The monoisotopic (exact) mass is 287 g/mol. The van der Waals surface area contributed by atoms with Crippen molar-refractivity contribution >= 4 is 29.1 Å². The molecule has 2 nitrogen and oxygen atoms in total. The number of benzene rings is 1. The van der Waals surface area contributed by atoms with Gasteiger partial charge in [-0.3, -0.25) is 4.79 Å². The Morgan fingerprint density at radius 1 is 1.33 bits per heavy atom. The molecular formula is C14H19Cl2NO. The Morgan fingerprint density at radius 2 is 1.94 bits per heavy atom. The van der Waals surface area contributed by atoms with E-state index in [1.165, 1.54) is 0 Å². The molecule has 0 spiro atoms. The Balaban J connectivity index is 2.48. The van der Waals surface area contributed by atoms with E-state index in [4.69, 9.17) is 23.2 Å². The van der Waals surface area contributed by atoms with Crippen LogP contribution in [0.4, 0.5) is 0 Å². The van der Waals surface area contributed by atoms with Crippen molar-refractivity contribution < 1.29 is 4.79 Å². The maximum absolute atomic E-state index is 11.7. The zero-order chi connectivity index (χ0) is 13.5. The van der Waals surface area contributed by atoms with Gasteiger partial charge in [-0.25, -0.2) is 0 Å². The Kier molecular flexibility index (Phi) is 6.51. The van der Waals surface area contributed by atoms with Crippen LogP contribution in [0, 0.1) is 0 Å². The molecule has 0 heterocycles. The maximum atomic E-state index is 11.7. The number of nitrogens with one attached hydrogen (secondary N) is 1. The average Bonchev–Trinajstić information content (AvgIpc) is 2.28. The molecule has 4 heteroatoms. The fourth-order valence-corrected chi connectivity index (χ4v) is 2.45. The number of carbonyl (C=O) groups excluding carboxylic acids is 1. The lowest BCUT2D eigenvalue weighted by Gasteiger charge is -2.13. The van der Waals surface area contributed by atoms with Crippen LogP contribution in [-0.4, -0.2) is 11.9 Å². The third-order valence-electron chi connectivity index (χ3n) is 2.79. The van der Waals surface area contributed by atoms with Crippen molar-refractivity contribution in [1.82, 2.24) is 5.32 Å². The van der Waals surface area contributed by atoms with Gasteiger partial charge in [-0.2, -0.15) is 0 Å². The first-order valence-electron chi connectivity index (χ1n) is 6.26. The van der Waals surface area contributed by atoms with Crippen LogP contribution >= 0.6 is 23.2 Å². The third-order valence-corrected chi connectivity index (χ3v) is 3.50. The highest BCUT2D eigenvalue weighted by molar-refractivity contribution is 6.36. The second-order valence-corrected chi connectivity index (χ2v) is 5.27. The molecule has 0 aliphatic carbocycles. The average molecular weight is 288 g/mol. The van der Waals surface area contributed by atoms with Gasteiger partial charge < -0.3 is 5.32 Å². The van der Waals surface area contributed by atoms with Crippen LogP contribution in [0.5, 0.6) is 0 Å². The molecule has 1 atom stereocenters. The predicted octanol–water partition coefficient (Wildman–Crippen LogP) is 4.23. The molecule has 0 aromatic heterocycles. The highest BCUT2D eigenvalue weighted by Crippen LogP contribution is 2.25. The van der Waals surface area contributed by atoms with Crippen LogP contribution in [0.1, 0.15) is 38.7 Å². The first-order chi connectivity index (χ1) is 8.54. The Labute approximate surface area is 119 Å². The highest BCUT2D eigenvalue weighted by Gasteiger charge is 2.10. The molecule has 0 unspecified atom stereocenters. The zero-order valence-corrected chi connectivity index (χ0v) is 12.3. The van der Waals surface area contributed by atoms with Crippen LogP contribution in [0.3, 0.4) is 0 Å². The lowest BCUT2D eigenvalue weighted by atomic mass is 10.1. The smallest absolute Gasteiger partial charge is 0.220 e. The van der Waals surface area contributed by atoms with E-state index in [2.05, 4.69) is 12.2 Å². The molecule has 1 amide bonds. The van der Waals surface area contributed by atoms with Gasteiger partial charge in [0, 0.05) is 22.5 Å². The summed E-state index contributed by atoms with van der Waals surface area (Å²) in [5.41, 5.74) is 0.846. The zero-order valence-electron chi connectivity index (χ0n) is 10.8. The fraction of sp³-hybridized carbons (Fsp3) is 0.500. The molecule has 100 valence electrons.